The molecule has 2 aromatic rings. The minimum absolute atomic E-state index is 0.0591. The maximum Gasteiger partial charge on any atom is 0.315 e. The molecule has 6 heteroatoms. The van der Waals surface area contributed by atoms with E-state index in [0.29, 0.717) is 13.1 Å². The van der Waals surface area contributed by atoms with Crippen LogP contribution in [0.1, 0.15) is 11.1 Å². The van der Waals surface area contributed by atoms with E-state index in [4.69, 9.17) is 0 Å². The molecule has 0 bridgehead atoms. The zero-order valence-electron chi connectivity index (χ0n) is 14.6. The number of benzene rings is 2. The van der Waals surface area contributed by atoms with E-state index in [-0.39, 0.29) is 18.5 Å². The molecule has 0 aliphatic rings. The van der Waals surface area contributed by atoms with Gasteiger partial charge < -0.3 is 20.9 Å². The lowest BCUT2D eigenvalue weighted by atomic mass is 10.2. The van der Waals surface area contributed by atoms with E-state index in [1.807, 2.05) is 73.6 Å². The first kappa shape index (κ1) is 18.3. The van der Waals surface area contributed by atoms with Gasteiger partial charge in [-0.3, -0.25) is 4.79 Å². The van der Waals surface area contributed by atoms with Crippen molar-refractivity contribution >= 4 is 17.6 Å². The van der Waals surface area contributed by atoms with Crippen molar-refractivity contribution in [1.29, 1.82) is 0 Å². The Morgan fingerprint density at radius 2 is 1.40 bits per heavy atom. The number of carbonyl (C=O) groups excluding carboxylic acids is 2. The summed E-state index contributed by atoms with van der Waals surface area (Å²) in [4.78, 5) is 25.5. The summed E-state index contributed by atoms with van der Waals surface area (Å²) in [6.07, 6.45) is 0. The molecule has 0 spiro atoms. The van der Waals surface area contributed by atoms with Gasteiger partial charge in [-0.05, 0) is 23.3 Å². The first-order chi connectivity index (χ1) is 12.0. The highest BCUT2D eigenvalue weighted by Crippen LogP contribution is 2.11. The Kier molecular flexibility index (Phi) is 6.83. The van der Waals surface area contributed by atoms with Crippen molar-refractivity contribution in [3.8, 4) is 0 Å². The molecule has 2 rings (SSSR count). The molecule has 6 nitrogen and oxygen atoms in total. The molecule has 0 radical (unpaired) electrons. The Labute approximate surface area is 148 Å². The molecule has 0 aliphatic carbocycles. The van der Waals surface area contributed by atoms with Gasteiger partial charge in [0.2, 0.25) is 5.91 Å². The smallest absolute Gasteiger partial charge is 0.315 e. The van der Waals surface area contributed by atoms with E-state index in [1.54, 1.807) is 0 Å². The Morgan fingerprint density at radius 1 is 0.800 bits per heavy atom. The van der Waals surface area contributed by atoms with Crippen LogP contribution < -0.4 is 20.9 Å². The molecule has 0 atom stereocenters. The molecule has 0 saturated carbocycles. The van der Waals surface area contributed by atoms with Crippen LogP contribution in [0, 0.1) is 0 Å². The number of nitrogens with zero attached hydrogens (tertiary/aromatic N) is 1. The van der Waals surface area contributed by atoms with Crippen LogP contribution in [0.4, 0.5) is 10.5 Å². The topological polar surface area (TPSA) is 73.5 Å². The van der Waals surface area contributed by atoms with Crippen molar-refractivity contribution in [2.45, 2.75) is 13.1 Å². The molecule has 3 amide bonds. The highest BCUT2D eigenvalue weighted by molar-refractivity contribution is 5.83. The SMILES string of the molecule is CN(C)c1ccc(CNC(=O)CNC(=O)NCc2ccccc2)cc1. The molecule has 132 valence electrons. The normalized spacial score (nSPS) is 10.0. The summed E-state index contributed by atoms with van der Waals surface area (Å²) in [5.74, 6) is -0.230. The van der Waals surface area contributed by atoms with Crippen molar-refractivity contribution < 1.29 is 9.59 Å². The third-order valence-electron chi connectivity index (χ3n) is 3.65. The number of anilines is 1. The van der Waals surface area contributed by atoms with E-state index in [1.165, 1.54) is 0 Å². The van der Waals surface area contributed by atoms with Crippen molar-refractivity contribution in [1.82, 2.24) is 16.0 Å². The molecule has 0 heterocycles. The van der Waals surface area contributed by atoms with Gasteiger partial charge >= 0.3 is 6.03 Å². The van der Waals surface area contributed by atoms with Crippen LogP contribution >= 0.6 is 0 Å². The maximum absolute atomic E-state index is 11.8. The highest BCUT2D eigenvalue weighted by atomic mass is 16.2. The monoisotopic (exact) mass is 340 g/mol. The fourth-order valence-corrected chi connectivity index (χ4v) is 2.18. The Balaban J connectivity index is 1.65. The first-order valence-corrected chi connectivity index (χ1v) is 8.13. The molecule has 0 aromatic heterocycles. The highest BCUT2D eigenvalue weighted by Gasteiger charge is 2.05. The van der Waals surface area contributed by atoms with Gasteiger partial charge in [-0.15, -0.1) is 0 Å². The van der Waals surface area contributed by atoms with E-state index in [9.17, 15) is 9.59 Å². The summed E-state index contributed by atoms with van der Waals surface area (Å²) < 4.78 is 0. The Morgan fingerprint density at radius 3 is 2.04 bits per heavy atom. The second kappa shape index (κ2) is 9.32. The molecule has 2 aromatic carbocycles. The van der Waals surface area contributed by atoms with E-state index >= 15 is 0 Å². The number of rotatable bonds is 7. The number of nitrogens with one attached hydrogen (secondary N) is 3. The summed E-state index contributed by atoms with van der Waals surface area (Å²) in [6.45, 7) is 0.794. The Bertz CT molecular complexity index is 684. The van der Waals surface area contributed by atoms with Crippen LogP contribution in [0.15, 0.2) is 54.6 Å². The van der Waals surface area contributed by atoms with Gasteiger partial charge in [0.1, 0.15) is 0 Å². The predicted molar refractivity (Wildman–Crippen MR) is 99.3 cm³/mol. The van der Waals surface area contributed by atoms with Crippen molar-refractivity contribution in [3.05, 3.63) is 65.7 Å². The average molecular weight is 340 g/mol. The van der Waals surface area contributed by atoms with E-state index in [2.05, 4.69) is 16.0 Å². The van der Waals surface area contributed by atoms with Crippen LogP contribution in [0.5, 0.6) is 0 Å². The number of amides is 3. The molecule has 0 unspecified atom stereocenters. The maximum atomic E-state index is 11.8. The van der Waals surface area contributed by atoms with Crippen LogP contribution in [0.25, 0.3) is 0 Å². The van der Waals surface area contributed by atoms with Crippen LogP contribution in [-0.4, -0.2) is 32.6 Å². The lowest BCUT2D eigenvalue weighted by Crippen LogP contribution is -2.41. The molecule has 3 N–H and O–H groups in total. The molecular formula is C19H24N4O2. The van der Waals surface area contributed by atoms with E-state index < -0.39 is 0 Å². The quantitative estimate of drug-likeness (QED) is 0.720. The summed E-state index contributed by atoms with van der Waals surface area (Å²) in [6, 6.07) is 17.2. The lowest BCUT2D eigenvalue weighted by Gasteiger charge is -2.13. The van der Waals surface area contributed by atoms with Gasteiger partial charge in [0.05, 0.1) is 6.54 Å². The van der Waals surface area contributed by atoms with Gasteiger partial charge in [0.15, 0.2) is 0 Å². The fourth-order valence-electron chi connectivity index (χ4n) is 2.18. The van der Waals surface area contributed by atoms with Crippen LogP contribution in [0.3, 0.4) is 0 Å². The van der Waals surface area contributed by atoms with Crippen molar-refractivity contribution in [3.63, 3.8) is 0 Å². The van der Waals surface area contributed by atoms with Gasteiger partial charge in [0.25, 0.3) is 0 Å². The first-order valence-electron chi connectivity index (χ1n) is 8.13. The summed E-state index contributed by atoms with van der Waals surface area (Å²) in [5, 5.41) is 8.04. The third kappa shape index (κ3) is 6.55. The zero-order valence-corrected chi connectivity index (χ0v) is 14.6. The molecule has 0 saturated heterocycles. The second-order valence-electron chi connectivity index (χ2n) is 5.86. The number of carbonyl (C=O) groups is 2. The van der Waals surface area contributed by atoms with Gasteiger partial charge in [-0.25, -0.2) is 4.79 Å². The second-order valence-corrected chi connectivity index (χ2v) is 5.86. The zero-order chi connectivity index (χ0) is 18.1. The molecular weight excluding hydrogens is 316 g/mol. The summed E-state index contributed by atoms with van der Waals surface area (Å²) in [7, 11) is 3.95. The van der Waals surface area contributed by atoms with E-state index in [0.717, 1.165) is 16.8 Å². The Hall–Kier alpha value is -3.02. The average Bonchev–Trinajstić information content (AvgIpc) is 2.64. The van der Waals surface area contributed by atoms with Crippen molar-refractivity contribution in [2.24, 2.45) is 0 Å². The number of urea groups is 1. The third-order valence-corrected chi connectivity index (χ3v) is 3.65. The van der Waals surface area contributed by atoms with Crippen LogP contribution in [0.2, 0.25) is 0 Å². The van der Waals surface area contributed by atoms with Crippen LogP contribution in [-0.2, 0) is 17.9 Å². The molecule has 25 heavy (non-hydrogen) atoms. The molecule has 0 aliphatic heterocycles. The summed E-state index contributed by atoms with van der Waals surface area (Å²) >= 11 is 0. The number of hydrogen-bond donors (Lipinski definition) is 3. The van der Waals surface area contributed by atoms with Gasteiger partial charge in [-0.1, -0.05) is 42.5 Å². The minimum Gasteiger partial charge on any atom is -0.378 e. The lowest BCUT2D eigenvalue weighted by molar-refractivity contribution is -0.120. The summed E-state index contributed by atoms with van der Waals surface area (Å²) in [5.41, 5.74) is 3.11. The minimum atomic E-state index is -0.366. The largest absolute Gasteiger partial charge is 0.378 e. The molecule has 0 fully saturated rings. The number of hydrogen-bond acceptors (Lipinski definition) is 3. The van der Waals surface area contributed by atoms with Gasteiger partial charge in [0, 0.05) is 32.9 Å². The standard InChI is InChI=1S/C19H24N4O2/c1-23(2)17-10-8-16(9-11-17)12-20-18(24)14-22-19(25)21-13-15-6-4-3-5-7-15/h3-11H,12-14H2,1-2H3,(H,20,24)(H2,21,22,25). The fraction of sp³-hybridized carbons (Fsp3) is 0.263. The van der Waals surface area contributed by atoms with Gasteiger partial charge in [-0.2, -0.15) is 0 Å². The predicted octanol–water partition coefficient (Wildman–Crippen LogP) is 1.87. The van der Waals surface area contributed by atoms with Crippen molar-refractivity contribution in [2.75, 3.05) is 25.5 Å².